The van der Waals surface area contributed by atoms with E-state index >= 15 is 0 Å². The minimum Gasteiger partial charge on any atom is -0.335 e. The number of amides is 1. The summed E-state index contributed by atoms with van der Waals surface area (Å²) in [4.78, 5) is 20.5. The van der Waals surface area contributed by atoms with Crippen molar-refractivity contribution in [2.75, 3.05) is 26.2 Å². The Morgan fingerprint density at radius 2 is 2.18 bits per heavy atom. The van der Waals surface area contributed by atoms with Gasteiger partial charge in [-0.05, 0) is 6.92 Å². The van der Waals surface area contributed by atoms with Gasteiger partial charge in [-0.3, -0.25) is 9.20 Å². The summed E-state index contributed by atoms with van der Waals surface area (Å²) in [5.41, 5.74) is 0.554. The van der Waals surface area contributed by atoms with E-state index < -0.39 is 0 Å². The van der Waals surface area contributed by atoms with Crippen LogP contribution >= 0.6 is 11.3 Å². The Kier molecular flexibility index (Phi) is 2.60. The zero-order valence-electron chi connectivity index (χ0n) is 9.64. The lowest BCUT2D eigenvalue weighted by Gasteiger charge is -2.26. The molecule has 1 aliphatic heterocycles. The van der Waals surface area contributed by atoms with Crippen molar-refractivity contribution in [3.63, 3.8) is 0 Å². The van der Waals surface area contributed by atoms with E-state index in [1.54, 1.807) is 11.3 Å². The molecule has 0 aromatic carbocycles. The number of piperazine rings is 1. The molecule has 1 fully saturated rings. The molecule has 1 N–H and O–H groups in total. The molecule has 2 aromatic heterocycles. The van der Waals surface area contributed by atoms with Gasteiger partial charge in [-0.25, -0.2) is 4.98 Å². The molecule has 0 unspecified atom stereocenters. The average molecular weight is 250 g/mol. The number of aromatic nitrogens is 2. The van der Waals surface area contributed by atoms with Gasteiger partial charge in [0.25, 0.3) is 5.91 Å². The highest BCUT2D eigenvalue weighted by molar-refractivity contribution is 7.17. The van der Waals surface area contributed by atoms with Crippen molar-refractivity contribution in [2.45, 2.75) is 6.92 Å². The number of hydrogen-bond donors (Lipinski definition) is 1. The minimum atomic E-state index is 0.0417. The zero-order valence-corrected chi connectivity index (χ0v) is 10.5. The van der Waals surface area contributed by atoms with E-state index in [4.69, 9.17) is 0 Å². The van der Waals surface area contributed by atoms with Crippen LogP contribution in [0.3, 0.4) is 0 Å². The Morgan fingerprint density at radius 3 is 2.88 bits per heavy atom. The summed E-state index contributed by atoms with van der Waals surface area (Å²) in [5, 5.41) is 3.23. The van der Waals surface area contributed by atoms with E-state index in [2.05, 4.69) is 10.3 Å². The van der Waals surface area contributed by atoms with Gasteiger partial charge in [0.15, 0.2) is 4.96 Å². The number of thiazole rings is 1. The highest BCUT2D eigenvalue weighted by Gasteiger charge is 2.20. The van der Waals surface area contributed by atoms with Crippen LogP contribution in [0, 0.1) is 6.92 Å². The number of nitrogens with zero attached hydrogens (tertiary/aromatic N) is 3. The van der Waals surface area contributed by atoms with E-state index in [1.165, 1.54) is 4.88 Å². The topological polar surface area (TPSA) is 49.6 Å². The Morgan fingerprint density at radius 1 is 1.41 bits per heavy atom. The van der Waals surface area contributed by atoms with Gasteiger partial charge >= 0.3 is 0 Å². The molecular weight excluding hydrogens is 236 g/mol. The van der Waals surface area contributed by atoms with Crippen molar-refractivity contribution < 1.29 is 4.79 Å². The van der Waals surface area contributed by atoms with Crippen LogP contribution < -0.4 is 5.32 Å². The van der Waals surface area contributed by atoms with Crippen LogP contribution in [-0.4, -0.2) is 46.4 Å². The van der Waals surface area contributed by atoms with E-state index in [9.17, 15) is 4.79 Å². The number of imidazole rings is 1. The molecule has 6 heteroatoms. The van der Waals surface area contributed by atoms with Crippen molar-refractivity contribution in [3.8, 4) is 0 Å². The fourth-order valence-corrected chi connectivity index (χ4v) is 2.85. The molecule has 0 bridgehead atoms. The van der Waals surface area contributed by atoms with Crippen LogP contribution in [0.1, 0.15) is 15.4 Å². The first kappa shape index (κ1) is 10.7. The van der Waals surface area contributed by atoms with Gasteiger partial charge in [0, 0.05) is 43.4 Å². The normalized spacial score (nSPS) is 16.6. The van der Waals surface area contributed by atoms with Gasteiger partial charge in [-0.1, -0.05) is 0 Å². The first-order valence-corrected chi connectivity index (χ1v) is 6.51. The van der Waals surface area contributed by atoms with Crippen LogP contribution in [0.15, 0.2) is 12.4 Å². The van der Waals surface area contributed by atoms with Crippen LogP contribution in [0.4, 0.5) is 0 Å². The molecular formula is C11H14N4OS. The monoisotopic (exact) mass is 250 g/mol. The van der Waals surface area contributed by atoms with Crippen LogP contribution in [0.25, 0.3) is 4.96 Å². The first-order valence-electron chi connectivity index (χ1n) is 5.69. The Balaban J connectivity index is 1.86. The number of rotatable bonds is 1. The van der Waals surface area contributed by atoms with Crippen molar-refractivity contribution in [2.24, 2.45) is 0 Å². The summed E-state index contributed by atoms with van der Waals surface area (Å²) in [7, 11) is 0. The lowest BCUT2D eigenvalue weighted by atomic mass is 10.3. The van der Waals surface area contributed by atoms with Gasteiger partial charge in [-0.15, -0.1) is 11.3 Å². The molecule has 1 aliphatic rings. The van der Waals surface area contributed by atoms with E-state index in [1.807, 2.05) is 28.6 Å². The predicted octanol–water partition coefficient (Wildman–Crippen LogP) is 0.750. The van der Waals surface area contributed by atoms with E-state index in [-0.39, 0.29) is 5.91 Å². The fraction of sp³-hybridized carbons (Fsp3) is 0.455. The Bertz CT molecular complexity index is 521. The molecule has 3 heterocycles. The largest absolute Gasteiger partial charge is 0.335 e. The first-order chi connectivity index (χ1) is 8.24. The average Bonchev–Trinajstić information content (AvgIpc) is 2.86. The van der Waals surface area contributed by atoms with E-state index in [0.717, 1.165) is 31.1 Å². The summed E-state index contributed by atoms with van der Waals surface area (Å²) >= 11 is 1.61. The molecule has 0 radical (unpaired) electrons. The molecule has 0 atom stereocenters. The van der Waals surface area contributed by atoms with E-state index in [0.29, 0.717) is 5.69 Å². The second kappa shape index (κ2) is 4.12. The maximum Gasteiger partial charge on any atom is 0.274 e. The van der Waals surface area contributed by atoms with Gasteiger partial charge in [0.2, 0.25) is 0 Å². The van der Waals surface area contributed by atoms with Crippen molar-refractivity contribution in [1.82, 2.24) is 19.6 Å². The minimum absolute atomic E-state index is 0.0417. The quantitative estimate of drug-likeness (QED) is 0.812. The number of aryl methyl sites for hydroxylation is 1. The fourth-order valence-electron chi connectivity index (χ4n) is 2.04. The molecule has 0 spiro atoms. The smallest absolute Gasteiger partial charge is 0.274 e. The third-order valence-electron chi connectivity index (χ3n) is 2.89. The van der Waals surface area contributed by atoms with Gasteiger partial charge in [0.1, 0.15) is 5.69 Å². The highest BCUT2D eigenvalue weighted by Crippen LogP contribution is 2.17. The van der Waals surface area contributed by atoms with Gasteiger partial charge in [0.05, 0.1) is 0 Å². The lowest BCUT2D eigenvalue weighted by molar-refractivity contribution is 0.0730. The standard InChI is InChI=1S/C11H14N4OS/c1-8-6-15-7-9(13-11(15)17-8)10(16)14-4-2-12-3-5-14/h6-7,12H,2-5H2,1H3. The summed E-state index contributed by atoms with van der Waals surface area (Å²) in [6, 6.07) is 0. The Labute approximate surface area is 103 Å². The number of carbonyl (C=O) groups is 1. The SMILES string of the molecule is Cc1cn2cc(C(=O)N3CCNCC3)nc2s1. The molecule has 2 aromatic rings. The summed E-state index contributed by atoms with van der Waals surface area (Å²) < 4.78 is 1.93. The Hall–Kier alpha value is -1.40. The maximum atomic E-state index is 12.2. The number of nitrogens with one attached hydrogen (secondary N) is 1. The molecule has 1 saturated heterocycles. The molecule has 0 aliphatic carbocycles. The zero-order chi connectivity index (χ0) is 11.8. The number of carbonyl (C=O) groups excluding carboxylic acids is 1. The summed E-state index contributed by atoms with van der Waals surface area (Å²) in [6.45, 7) is 5.31. The molecule has 0 saturated carbocycles. The molecule has 5 nitrogen and oxygen atoms in total. The molecule has 3 rings (SSSR count). The number of hydrogen-bond acceptors (Lipinski definition) is 4. The van der Waals surface area contributed by atoms with Crippen LogP contribution in [0.5, 0.6) is 0 Å². The maximum absolute atomic E-state index is 12.2. The molecule has 1 amide bonds. The summed E-state index contributed by atoms with van der Waals surface area (Å²) in [5.74, 6) is 0.0417. The van der Waals surface area contributed by atoms with Crippen molar-refractivity contribution in [1.29, 1.82) is 0 Å². The van der Waals surface area contributed by atoms with Gasteiger partial charge in [-0.2, -0.15) is 0 Å². The molecule has 90 valence electrons. The lowest BCUT2D eigenvalue weighted by Crippen LogP contribution is -2.46. The second-order valence-corrected chi connectivity index (χ2v) is 5.41. The van der Waals surface area contributed by atoms with Crippen LogP contribution in [-0.2, 0) is 0 Å². The third kappa shape index (κ3) is 1.94. The van der Waals surface area contributed by atoms with Crippen molar-refractivity contribution >= 4 is 22.2 Å². The third-order valence-corrected chi connectivity index (χ3v) is 3.81. The molecule has 17 heavy (non-hydrogen) atoms. The van der Waals surface area contributed by atoms with Crippen LogP contribution in [0.2, 0.25) is 0 Å². The second-order valence-electron chi connectivity index (χ2n) is 4.20. The van der Waals surface area contributed by atoms with Gasteiger partial charge < -0.3 is 10.2 Å². The van der Waals surface area contributed by atoms with Crippen molar-refractivity contribution in [3.05, 3.63) is 23.0 Å². The highest BCUT2D eigenvalue weighted by atomic mass is 32.1. The summed E-state index contributed by atoms with van der Waals surface area (Å²) in [6.07, 6.45) is 3.82. The predicted molar refractivity (Wildman–Crippen MR) is 66.6 cm³/mol. The number of fused-ring (bicyclic) bond motifs is 1.